The smallest absolute Gasteiger partial charge is 0.336 e. The second-order valence-electron chi connectivity index (χ2n) is 6.27. The van der Waals surface area contributed by atoms with Gasteiger partial charge in [-0.15, -0.1) is 0 Å². The summed E-state index contributed by atoms with van der Waals surface area (Å²) in [6, 6.07) is 21.9. The molecule has 2 N–H and O–H groups in total. The Morgan fingerprint density at radius 3 is 2.07 bits per heavy atom. The highest BCUT2D eigenvalue weighted by atomic mass is 32.2. The van der Waals surface area contributed by atoms with Crippen molar-refractivity contribution in [2.24, 2.45) is 0 Å². The predicted molar refractivity (Wildman–Crippen MR) is 110 cm³/mol. The molecule has 6 heteroatoms. The Labute approximate surface area is 164 Å². The maximum atomic E-state index is 12.4. The van der Waals surface area contributed by atoms with Gasteiger partial charge in [0, 0.05) is 5.69 Å². The number of hydrogen-bond donors (Lipinski definition) is 2. The molecule has 0 amide bonds. The zero-order chi connectivity index (χ0) is 20.1. The summed E-state index contributed by atoms with van der Waals surface area (Å²) in [4.78, 5) is 11.8. The molecule has 142 valence electrons. The number of nitrogens with one attached hydrogen (secondary N) is 1. The van der Waals surface area contributed by atoms with Crippen LogP contribution in [0.1, 0.15) is 16.7 Å². The van der Waals surface area contributed by atoms with E-state index < -0.39 is 16.0 Å². The van der Waals surface area contributed by atoms with Crippen LogP contribution in [0.4, 0.5) is 5.69 Å². The summed E-state index contributed by atoms with van der Waals surface area (Å²) < 4.78 is 27.4. The molecule has 0 fully saturated rings. The van der Waals surface area contributed by atoms with Gasteiger partial charge in [0.25, 0.3) is 10.0 Å². The summed E-state index contributed by atoms with van der Waals surface area (Å²) >= 11 is 0. The van der Waals surface area contributed by atoms with Gasteiger partial charge in [0.1, 0.15) is 0 Å². The molecule has 28 heavy (non-hydrogen) atoms. The van der Waals surface area contributed by atoms with Gasteiger partial charge < -0.3 is 5.11 Å². The van der Waals surface area contributed by atoms with Crippen LogP contribution < -0.4 is 4.72 Å². The van der Waals surface area contributed by atoms with E-state index in [0.29, 0.717) is 16.8 Å². The quantitative estimate of drug-likeness (QED) is 0.480. The van der Waals surface area contributed by atoms with Crippen molar-refractivity contribution >= 4 is 33.3 Å². The second kappa shape index (κ2) is 8.10. The van der Waals surface area contributed by atoms with E-state index in [1.165, 1.54) is 0 Å². The summed E-state index contributed by atoms with van der Waals surface area (Å²) in [5.41, 5.74) is 2.78. The van der Waals surface area contributed by atoms with Crippen molar-refractivity contribution in [2.75, 3.05) is 4.72 Å². The van der Waals surface area contributed by atoms with E-state index in [4.69, 9.17) is 0 Å². The number of aliphatic carboxylic acids is 1. The van der Waals surface area contributed by atoms with E-state index in [2.05, 4.69) is 4.72 Å². The Balaban J connectivity index is 1.83. The molecule has 0 aliphatic heterocycles. The number of carbonyl (C=O) groups is 1. The molecular formula is C22H19NO4S. The lowest BCUT2D eigenvalue weighted by Crippen LogP contribution is -2.12. The maximum Gasteiger partial charge on any atom is 0.336 e. The highest BCUT2D eigenvalue weighted by Gasteiger charge is 2.14. The Morgan fingerprint density at radius 2 is 1.50 bits per heavy atom. The van der Waals surface area contributed by atoms with Crippen LogP contribution >= 0.6 is 0 Å². The molecule has 0 radical (unpaired) electrons. The van der Waals surface area contributed by atoms with Crippen molar-refractivity contribution in [3.8, 4) is 0 Å². The number of rotatable bonds is 6. The first kappa shape index (κ1) is 19.4. The minimum absolute atomic E-state index is 0.161. The monoisotopic (exact) mass is 393 g/mol. The third-order valence-corrected chi connectivity index (χ3v) is 5.52. The Kier molecular flexibility index (Phi) is 5.61. The topological polar surface area (TPSA) is 83.5 Å². The lowest BCUT2D eigenvalue weighted by atomic mass is 10.0. The van der Waals surface area contributed by atoms with Crippen LogP contribution in [0.2, 0.25) is 0 Å². The fourth-order valence-corrected chi connectivity index (χ4v) is 3.69. The fourth-order valence-electron chi connectivity index (χ4n) is 2.63. The average molecular weight is 393 g/mol. The zero-order valence-electron chi connectivity index (χ0n) is 15.2. The standard InChI is InChI=1S/C22H19NO4S/c1-16-7-13-20(14-8-16)28(26,27)23-19-11-9-17(10-12-19)15-21(22(24)25)18-5-3-2-4-6-18/h2-15,23H,1H3,(H,24,25). The van der Waals surface area contributed by atoms with Crippen molar-refractivity contribution in [1.82, 2.24) is 0 Å². The largest absolute Gasteiger partial charge is 0.478 e. The van der Waals surface area contributed by atoms with Gasteiger partial charge in [-0.2, -0.15) is 0 Å². The number of aryl methyl sites for hydroxylation is 1. The summed E-state index contributed by atoms with van der Waals surface area (Å²) in [6.07, 6.45) is 1.55. The molecule has 0 saturated heterocycles. The van der Waals surface area contributed by atoms with Gasteiger partial charge >= 0.3 is 5.97 Å². The van der Waals surface area contributed by atoms with Crippen LogP contribution in [-0.4, -0.2) is 19.5 Å². The minimum Gasteiger partial charge on any atom is -0.478 e. The number of sulfonamides is 1. The maximum absolute atomic E-state index is 12.4. The average Bonchev–Trinajstić information content (AvgIpc) is 2.68. The molecule has 0 unspecified atom stereocenters. The summed E-state index contributed by atoms with van der Waals surface area (Å²) in [7, 11) is -3.68. The van der Waals surface area contributed by atoms with E-state index >= 15 is 0 Å². The molecule has 5 nitrogen and oxygen atoms in total. The highest BCUT2D eigenvalue weighted by molar-refractivity contribution is 7.92. The zero-order valence-corrected chi connectivity index (χ0v) is 16.0. The van der Waals surface area contributed by atoms with Crippen LogP contribution in [0.3, 0.4) is 0 Å². The van der Waals surface area contributed by atoms with Crippen LogP contribution in [0.25, 0.3) is 11.6 Å². The molecule has 0 saturated carbocycles. The number of benzene rings is 3. The lowest BCUT2D eigenvalue weighted by Gasteiger charge is -2.09. The van der Waals surface area contributed by atoms with E-state index in [-0.39, 0.29) is 10.5 Å². The van der Waals surface area contributed by atoms with Gasteiger partial charge in [0.2, 0.25) is 0 Å². The highest BCUT2D eigenvalue weighted by Crippen LogP contribution is 2.21. The molecule has 0 spiro atoms. The van der Waals surface area contributed by atoms with Gasteiger partial charge in [-0.1, -0.05) is 60.2 Å². The summed E-state index contributed by atoms with van der Waals surface area (Å²) in [6.45, 7) is 1.89. The molecule has 0 atom stereocenters. The van der Waals surface area contributed by atoms with Crippen molar-refractivity contribution < 1.29 is 18.3 Å². The third-order valence-electron chi connectivity index (χ3n) is 4.12. The number of anilines is 1. The van der Waals surface area contributed by atoms with E-state index in [0.717, 1.165) is 5.56 Å². The Bertz CT molecular complexity index is 1100. The third kappa shape index (κ3) is 4.66. The second-order valence-corrected chi connectivity index (χ2v) is 7.95. The molecule has 0 aliphatic carbocycles. The molecular weight excluding hydrogens is 374 g/mol. The molecule has 3 aromatic rings. The van der Waals surface area contributed by atoms with Crippen molar-refractivity contribution in [3.63, 3.8) is 0 Å². The normalized spacial score (nSPS) is 11.8. The van der Waals surface area contributed by atoms with Gasteiger partial charge in [-0.25, -0.2) is 13.2 Å². The number of hydrogen-bond acceptors (Lipinski definition) is 3. The van der Waals surface area contributed by atoms with Crippen LogP contribution in [0.15, 0.2) is 83.8 Å². The molecule has 3 aromatic carbocycles. The van der Waals surface area contributed by atoms with Crippen LogP contribution in [0.5, 0.6) is 0 Å². The van der Waals surface area contributed by atoms with E-state index in [1.54, 1.807) is 78.9 Å². The van der Waals surface area contributed by atoms with Gasteiger partial charge in [0.15, 0.2) is 0 Å². The van der Waals surface area contributed by atoms with Crippen molar-refractivity contribution in [1.29, 1.82) is 0 Å². The van der Waals surface area contributed by atoms with Crippen LogP contribution in [-0.2, 0) is 14.8 Å². The summed E-state index contributed by atoms with van der Waals surface area (Å²) in [5, 5.41) is 9.48. The molecule has 0 heterocycles. The fraction of sp³-hybridized carbons (Fsp3) is 0.0455. The van der Waals surface area contributed by atoms with Crippen molar-refractivity contribution in [3.05, 3.63) is 95.6 Å². The van der Waals surface area contributed by atoms with Gasteiger partial charge in [-0.3, -0.25) is 4.72 Å². The number of carboxylic acids is 1. The van der Waals surface area contributed by atoms with Gasteiger partial charge in [0.05, 0.1) is 10.5 Å². The predicted octanol–water partition coefficient (Wildman–Crippen LogP) is 4.42. The number of carboxylic acid groups (broad SMARTS) is 1. The van der Waals surface area contributed by atoms with E-state index in [9.17, 15) is 18.3 Å². The molecule has 0 aliphatic rings. The first-order valence-electron chi connectivity index (χ1n) is 8.55. The van der Waals surface area contributed by atoms with Gasteiger partial charge in [-0.05, 0) is 48.4 Å². The van der Waals surface area contributed by atoms with Crippen molar-refractivity contribution in [2.45, 2.75) is 11.8 Å². The first-order valence-corrected chi connectivity index (χ1v) is 10.0. The minimum atomic E-state index is -3.68. The molecule has 3 rings (SSSR count). The first-order chi connectivity index (χ1) is 13.3. The Hall–Kier alpha value is -3.38. The summed E-state index contributed by atoms with van der Waals surface area (Å²) in [5.74, 6) is -1.03. The molecule has 0 aromatic heterocycles. The van der Waals surface area contributed by atoms with Crippen LogP contribution in [0, 0.1) is 6.92 Å². The lowest BCUT2D eigenvalue weighted by molar-refractivity contribution is -0.130. The SMILES string of the molecule is Cc1ccc(S(=O)(=O)Nc2ccc(C=C(C(=O)O)c3ccccc3)cc2)cc1. The molecule has 0 bridgehead atoms. The Morgan fingerprint density at radius 1 is 0.893 bits per heavy atom. The van der Waals surface area contributed by atoms with E-state index in [1.807, 2.05) is 13.0 Å².